The van der Waals surface area contributed by atoms with Crippen molar-refractivity contribution in [3.63, 3.8) is 0 Å². The van der Waals surface area contributed by atoms with Gasteiger partial charge in [0.1, 0.15) is 5.75 Å². The van der Waals surface area contributed by atoms with Gasteiger partial charge in [-0.05, 0) is 32.4 Å². The van der Waals surface area contributed by atoms with Gasteiger partial charge in [0.2, 0.25) is 11.7 Å². The standard InChI is InChI=1S/C20H21N3O3/c1-13-9-10-17(14(2)11-13)25-15(3)20(24)21-12-18-22-19(23-26-18)16-7-5-4-6-8-16/h4-11,15H,12H2,1-3H3,(H,21,24). The van der Waals surface area contributed by atoms with E-state index < -0.39 is 6.10 Å². The molecule has 0 radical (unpaired) electrons. The molecule has 6 heteroatoms. The Bertz CT molecular complexity index is 890. The van der Waals surface area contributed by atoms with Crippen LogP contribution in [0.15, 0.2) is 53.1 Å². The Morgan fingerprint density at radius 3 is 2.69 bits per heavy atom. The number of benzene rings is 2. The molecule has 1 amide bonds. The van der Waals surface area contributed by atoms with Crippen molar-refractivity contribution in [2.75, 3.05) is 0 Å². The summed E-state index contributed by atoms with van der Waals surface area (Å²) in [5.74, 6) is 1.29. The Balaban J connectivity index is 1.56. The predicted octanol–water partition coefficient (Wildman–Crippen LogP) is 3.44. The fourth-order valence-electron chi connectivity index (χ4n) is 2.51. The van der Waals surface area contributed by atoms with E-state index in [1.807, 2.05) is 62.4 Å². The van der Waals surface area contributed by atoms with E-state index in [-0.39, 0.29) is 12.5 Å². The molecule has 0 aliphatic rings. The minimum absolute atomic E-state index is 0.152. The lowest BCUT2D eigenvalue weighted by atomic mass is 10.1. The maximum Gasteiger partial charge on any atom is 0.261 e. The summed E-state index contributed by atoms with van der Waals surface area (Å²) in [5.41, 5.74) is 3.01. The van der Waals surface area contributed by atoms with Crippen LogP contribution >= 0.6 is 0 Å². The molecule has 134 valence electrons. The average molecular weight is 351 g/mol. The third-order valence-corrected chi connectivity index (χ3v) is 3.92. The lowest BCUT2D eigenvalue weighted by Crippen LogP contribution is -2.36. The third kappa shape index (κ3) is 4.27. The van der Waals surface area contributed by atoms with Crippen molar-refractivity contribution in [1.29, 1.82) is 0 Å². The quantitative estimate of drug-likeness (QED) is 0.736. The van der Waals surface area contributed by atoms with Crippen LogP contribution in [0.4, 0.5) is 0 Å². The van der Waals surface area contributed by atoms with Crippen LogP contribution in [0.2, 0.25) is 0 Å². The first-order chi connectivity index (χ1) is 12.5. The summed E-state index contributed by atoms with van der Waals surface area (Å²) >= 11 is 0. The molecule has 1 unspecified atom stereocenters. The second kappa shape index (κ2) is 7.82. The van der Waals surface area contributed by atoms with Crippen molar-refractivity contribution in [3.05, 3.63) is 65.5 Å². The fraction of sp³-hybridized carbons (Fsp3) is 0.250. The first-order valence-corrected chi connectivity index (χ1v) is 8.42. The molecule has 0 saturated heterocycles. The number of aromatic nitrogens is 2. The van der Waals surface area contributed by atoms with Crippen LogP contribution in [0.25, 0.3) is 11.4 Å². The van der Waals surface area contributed by atoms with E-state index >= 15 is 0 Å². The zero-order chi connectivity index (χ0) is 18.5. The molecule has 2 aromatic carbocycles. The van der Waals surface area contributed by atoms with Gasteiger partial charge in [0.15, 0.2) is 6.10 Å². The van der Waals surface area contributed by atoms with E-state index in [0.717, 1.165) is 16.7 Å². The van der Waals surface area contributed by atoms with Crippen molar-refractivity contribution in [2.24, 2.45) is 0 Å². The van der Waals surface area contributed by atoms with Gasteiger partial charge in [0, 0.05) is 5.56 Å². The molecular formula is C20H21N3O3. The van der Waals surface area contributed by atoms with Crippen LogP contribution in [0.1, 0.15) is 23.9 Å². The number of hydrogen-bond acceptors (Lipinski definition) is 5. The minimum atomic E-state index is -0.632. The van der Waals surface area contributed by atoms with E-state index in [2.05, 4.69) is 15.5 Å². The molecule has 6 nitrogen and oxygen atoms in total. The van der Waals surface area contributed by atoms with Gasteiger partial charge in [-0.3, -0.25) is 4.79 Å². The van der Waals surface area contributed by atoms with Crippen LogP contribution in [0, 0.1) is 13.8 Å². The van der Waals surface area contributed by atoms with Gasteiger partial charge in [-0.25, -0.2) is 0 Å². The molecule has 0 fully saturated rings. The van der Waals surface area contributed by atoms with E-state index in [0.29, 0.717) is 17.5 Å². The largest absolute Gasteiger partial charge is 0.481 e. The first kappa shape index (κ1) is 17.7. The van der Waals surface area contributed by atoms with Gasteiger partial charge in [-0.1, -0.05) is 53.2 Å². The monoisotopic (exact) mass is 351 g/mol. The molecule has 3 rings (SSSR count). The minimum Gasteiger partial charge on any atom is -0.481 e. The number of carbonyl (C=O) groups is 1. The Kier molecular flexibility index (Phi) is 5.31. The van der Waals surface area contributed by atoms with E-state index in [1.165, 1.54) is 0 Å². The van der Waals surface area contributed by atoms with Crippen molar-refractivity contribution in [2.45, 2.75) is 33.4 Å². The van der Waals surface area contributed by atoms with Crippen LogP contribution in [0.3, 0.4) is 0 Å². The first-order valence-electron chi connectivity index (χ1n) is 8.42. The summed E-state index contributed by atoms with van der Waals surface area (Å²) < 4.78 is 10.9. The fourth-order valence-corrected chi connectivity index (χ4v) is 2.51. The molecule has 0 bridgehead atoms. The maximum atomic E-state index is 12.2. The topological polar surface area (TPSA) is 77.2 Å². The molecule has 0 aliphatic carbocycles. The van der Waals surface area contributed by atoms with E-state index in [9.17, 15) is 4.79 Å². The highest BCUT2D eigenvalue weighted by Crippen LogP contribution is 2.20. The molecule has 0 aliphatic heterocycles. The lowest BCUT2D eigenvalue weighted by molar-refractivity contribution is -0.127. The molecule has 1 heterocycles. The summed E-state index contributed by atoms with van der Waals surface area (Å²) in [6, 6.07) is 15.4. The number of nitrogens with one attached hydrogen (secondary N) is 1. The van der Waals surface area contributed by atoms with Crippen molar-refractivity contribution in [1.82, 2.24) is 15.5 Å². The Morgan fingerprint density at radius 2 is 1.96 bits per heavy atom. The summed E-state index contributed by atoms with van der Waals surface area (Å²) in [5, 5.41) is 6.68. The molecule has 1 N–H and O–H groups in total. The van der Waals surface area contributed by atoms with Gasteiger partial charge in [-0.15, -0.1) is 0 Å². The second-order valence-electron chi connectivity index (χ2n) is 6.12. The molecule has 3 aromatic rings. The van der Waals surface area contributed by atoms with Crippen LogP contribution in [0.5, 0.6) is 5.75 Å². The molecule has 26 heavy (non-hydrogen) atoms. The zero-order valence-electron chi connectivity index (χ0n) is 15.0. The summed E-state index contributed by atoms with van der Waals surface area (Å²) in [7, 11) is 0. The summed E-state index contributed by atoms with van der Waals surface area (Å²) in [6.45, 7) is 5.83. The van der Waals surface area contributed by atoms with Gasteiger partial charge in [0.05, 0.1) is 6.54 Å². The van der Waals surface area contributed by atoms with Gasteiger partial charge >= 0.3 is 0 Å². The summed E-state index contributed by atoms with van der Waals surface area (Å²) in [6.07, 6.45) is -0.632. The van der Waals surface area contributed by atoms with Crippen LogP contribution in [-0.2, 0) is 11.3 Å². The second-order valence-corrected chi connectivity index (χ2v) is 6.12. The summed E-state index contributed by atoms with van der Waals surface area (Å²) in [4.78, 5) is 16.5. The Labute approximate surface area is 152 Å². The predicted molar refractivity (Wildman–Crippen MR) is 97.6 cm³/mol. The molecule has 1 aromatic heterocycles. The number of amides is 1. The lowest BCUT2D eigenvalue weighted by Gasteiger charge is -2.16. The van der Waals surface area contributed by atoms with E-state index in [1.54, 1.807) is 6.92 Å². The number of nitrogens with zero attached hydrogens (tertiary/aromatic N) is 2. The average Bonchev–Trinajstić information content (AvgIpc) is 3.11. The zero-order valence-corrected chi connectivity index (χ0v) is 15.0. The van der Waals surface area contributed by atoms with Crippen molar-refractivity contribution >= 4 is 5.91 Å². The third-order valence-electron chi connectivity index (χ3n) is 3.92. The number of carbonyl (C=O) groups excluding carboxylic acids is 1. The molecule has 0 spiro atoms. The van der Waals surface area contributed by atoms with Crippen molar-refractivity contribution < 1.29 is 14.1 Å². The highest BCUT2D eigenvalue weighted by Gasteiger charge is 2.17. The smallest absolute Gasteiger partial charge is 0.261 e. The van der Waals surface area contributed by atoms with Gasteiger partial charge in [-0.2, -0.15) is 4.98 Å². The molecule has 0 saturated carbocycles. The Morgan fingerprint density at radius 1 is 1.19 bits per heavy atom. The maximum absolute atomic E-state index is 12.2. The number of aryl methyl sites for hydroxylation is 2. The highest BCUT2D eigenvalue weighted by atomic mass is 16.5. The van der Waals surface area contributed by atoms with Gasteiger partial charge in [0.25, 0.3) is 5.91 Å². The number of ether oxygens (including phenoxy) is 1. The van der Waals surface area contributed by atoms with Crippen molar-refractivity contribution in [3.8, 4) is 17.1 Å². The SMILES string of the molecule is Cc1ccc(OC(C)C(=O)NCc2nc(-c3ccccc3)no2)c(C)c1. The van der Waals surface area contributed by atoms with Gasteiger partial charge < -0.3 is 14.6 Å². The van der Waals surface area contributed by atoms with Crippen LogP contribution in [-0.4, -0.2) is 22.2 Å². The van der Waals surface area contributed by atoms with Crippen LogP contribution < -0.4 is 10.1 Å². The Hall–Kier alpha value is -3.15. The highest BCUT2D eigenvalue weighted by molar-refractivity contribution is 5.80. The number of hydrogen-bond donors (Lipinski definition) is 1. The normalized spacial score (nSPS) is 11.8. The molecule has 1 atom stereocenters. The number of rotatable bonds is 6. The molecular weight excluding hydrogens is 330 g/mol. The van der Waals surface area contributed by atoms with E-state index in [4.69, 9.17) is 9.26 Å².